The zero-order valence-corrected chi connectivity index (χ0v) is 16.3. The van der Waals surface area contributed by atoms with E-state index in [0.717, 1.165) is 9.87 Å². The molecule has 0 aliphatic rings. The van der Waals surface area contributed by atoms with Crippen LogP contribution >= 0.6 is 23.2 Å². The van der Waals surface area contributed by atoms with Crippen molar-refractivity contribution in [3.63, 3.8) is 0 Å². The average Bonchev–Trinajstić information content (AvgIpc) is 2.54. The number of nitrogens with one attached hydrogen (secondary N) is 1. The van der Waals surface area contributed by atoms with Crippen molar-refractivity contribution >= 4 is 39.1 Å². The fraction of sp³-hybridized carbons (Fsp3) is 0.235. The van der Waals surface area contributed by atoms with E-state index in [4.69, 9.17) is 23.2 Å². The van der Waals surface area contributed by atoms with E-state index in [1.54, 1.807) is 25.1 Å². The maximum absolute atomic E-state index is 12.5. The minimum absolute atomic E-state index is 0.00228. The molecule has 0 aromatic heterocycles. The SMILES string of the molecule is C[C@H](NC(=O)c1cc(S(=O)(=O)N(C)C)ccc1Cl)c1cccc(Cl)c1. The van der Waals surface area contributed by atoms with E-state index in [2.05, 4.69) is 5.32 Å². The van der Waals surface area contributed by atoms with Crippen LogP contribution in [0, 0.1) is 0 Å². The molecule has 25 heavy (non-hydrogen) atoms. The number of sulfonamides is 1. The van der Waals surface area contributed by atoms with Crippen LogP contribution in [-0.4, -0.2) is 32.7 Å². The summed E-state index contributed by atoms with van der Waals surface area (Å²) in [6.45, 7) is 1.80. The molecule has 0 fully saturated rings. The lowest BCUT2D eigenvalue weighted by atomic mass is 10.1. The molecule has 5 nitrogen and oxygen atoms in total. The highest BCUT2D eigenvalue weighted by Crippen LogP contribution is 2.23. The fourth-order valence-corrected chi connectivity index (χ4v) is 3.51. The Bertz CT molecular complexity index is 899. The van der Waals surface area contributed by atoms with Crippen molar-refractivity contribution < 1.29 is 13.2 Å². The van der Waals surface area contributed by atoms with Crippen molar-refractivity contribution in [2.45, 2.75) is 17.9 Å². The third-order valence-electron chi connectivity index (χ3n) is 3.66. The normalized spacial score (nSPS) is 12.9. The molecule has 8 heteroatoms. The van der Waals surface area contributed by atoms with E-state index in [-0.39, 0.29) is 21.5 Å². The average molecular weight is 401 g/mol. The highest BCUT2D eigenvalue weighted by atomic mass is 35.5. The molecule has 1 amide bonds. The molecule has 0 spiro atoms. The van der Waals surface area contributed by atoms with E-state index >= 15 is 0 Å². The van der Waals surface area contributed by atoms with Gasteiger partial charge in [-0.2, -0.15) is 0 Å². The summed E-state index contributed by atoms with van der Waals surface area (Å²) in [6.07, 6.45) is 0. The second-order valence-corrected chi connectivity index (χ2v) is 8.67. The first-order valence-electron chi connectivity index (χ1n) is 7.41. The quantitative estimate of drug-likeness (QED) is 0.830. The van der Waals surface area contributed by atoms with Crippen LogP contribution in [0.3, 0.4) is 0 Å². The molecule has 2 aromatic carbocycles. The summed E-state index contributed by atoms with van der Waals surface area (Å²) in [4.78, 5) is 12.5. The number of amides is 1. The van der Waals surface area contributed by atoms with Crippen molar-refractivity contribution in [3.8, 4) is 0 Å². The van der Waals surface area contributed by atoms with Crippen LogP contribution in [-0.2, 0) is 10.0 Å². The van der Waals surface area contributed by atoms with Gasteiger partial charge in [0.05, 0.1) is 21.5 Å². The minimum Gasteiger partial charge on any atom is -0.345 e. The molecule has 2 aromatic rings. The standard InChI is InChI=1S/C17H18Cl2N2O3S/c1-11(12-5-4-6-13(18)9-12)20-17(22)15-10-14(7-8-16(15)19)25(23,24)21(2)3/h4-11H,1-3H3,(H,20,22)/t11-/m0/s1. The van der Waals surface area contributed by atoms with Gasteiger partial charge in [-0.25, -0.2) is 12.7 Å². The minimum atomic E-state index is -3.66. The smallest absolute Gasteiger partial charge is 0.253 e. The van der Waals surface area contributed by atoms with Gasteiger partial charge in [-0.3, -0.25) is 4.79 Å². The Hall–Kier alpha value is -1.60. The molecule has 0 saturated heterocycles. The summed E-state index contributed by atoms with van der Waals surface area (Å²) in [5, 5.41) is 3.54. The van der Waals surface area contributed by atoms with Gasteiger partial charge < -0.3 is 5.32 Å². The number of halogens is 2. The first-order chi connectivity index (χ1) is 11.6. The van der Waals surface area contributed by atoms with Crippen LogP contribution in [0.1, 0.15) is 28.9 Å². The Morgan fingerprint density at radius 1 is 1.12 bits per heavy atom. The Kier molecular flexibility index (Phi) is 6.11. The summed E-state index contributed by atoms with van der Waals surface area (Å²) >= 11 is 12.0. The van der Waals surface area contributed by atoms with Crippen LogP contribution in [0.5, 0.6) is 0 Å². The van der Waals surface area contributed by atoms with Gasteiger partial charge in [0.1, 0.15) is 0 Å². The number of hydrogen-bond acceptors (Lipinski definition) is 3. The number of nitrogens with zero attached hydrogens (tertiary/aromatic N) is 1. The first-order valence-corrected chi connectivity index (χ1v) is 9.61. The van der Waals surface area contributed by atoms with E-state index in [1.165, 1.54) is 32.3 Å². The van der Waals surface area contributed by atoms with Gasteiger partial charge >= 0.3 is 0 Å². The zero-order chi connectivity index (χ0) is 18.8. The monoisotopic (exact) mass is 400 g/mol. The highest BCUT2D eigenvalue weighted by Gasteiger charge is 2.21. The van der Waals surface area contributed by atoms with Crippen LogP contribution in [0.2, 0.25) is 10.0 Å². The van der Waals surface area contributed by atoms with Crippen molar-refractivity contribution in [2.24, 2.45) is 0 Å². The second-order valence-electron chi connectivity index (χ2n) is 5.68. The Labute approximate surface area is 157 Å². The predicted octanol–water partition coefficient (Wildman–Crippen LogP) is 3.73. The molecule has 2 rings (SSSR count). The Balaban J connectivity index is 2.30. The van der Waals surface area contributed by atoms with Crippen LogP contribution in [0.25, 0.3) is 0 Å². The number of hydrogen-bond donors (Lipinski definition) is 1. The van der Waals surface area contributed by atoms with Crippen LogP contribution < -0.4 is 5.32 Å². The molecule has 0 aliphatic carbocycles. The highest BCUT2D eigenvalue weighted by molar-refractivity contribution is 7.89. The van der Waals surface area contributed by atoms with Crippen LogP contribution in [0.15, 0.2) is 47.4 Å². The zero-order valence-electron chi connectivity index (χ0n) is 14.0. The van der Waals surface area contributed by atoms with Gasteiger partial charge in [0, 0.05) is 19.1 Å². The maximum atomic E-state index is 12.5. The lowest BCUT2D eigenvalue weighted by Gasteiger charge is -2.16. The number of benzene rings is 2. The van der Waals surface area contributed by atoms with Gasteiger partial charge in [-0.1, -0.05) is 35.3 Å². The lowest BCUT2D eigenvalue weighted by Crippen LogP contribution is -2.28. The molecule has 0 radical (unpaired) electrons. The molecule has 1 N–H and O–H groups in total. The Morgan fingerprint density at radius 2 is 1.80 bits per heavy atom. The van der Waals surface area contributed by atoms with Gasteiger partial charge in [0.25, 0.3) is 5.91 Å². The number of rotatable bonds is 5. The van der Waals surface area contributed by atoms with E-state index in [9.17, 15) is 13.2 Å². The molecule has 1 atom stereocenters. The van der Waals surface area contributed by atoms with E-state index in [1.807, 2.05) is 6.07 Å². The largest absolute Gasteiger partial charge is 0.345 e. The summed E-state index contributed by atoms with van der Waals surface area (Å²) in [6, 6.07) is 10.8. The molecule has 0 aliphatic heterocycles. The second kappa shape index (κ2) is 7.74. The summed E-state index contributed by atoms with van der Waals surface area (Å²) in [5.74, 6) is -0.465. The Morgan fingerprint density at radius 3 is 2.40 bits per heavy atom. The lowest BCUT2D eigenvalue weighted by molar-refractivity contribution is 0.0940. The van der Waals surface area contributed by atoms with Crippen molar-refractivity contribution in [1.82, 2.24) is 9.62 Å². The first kappa shape index (κ1) is 19.7. The van der Waals surface area contributed by atoms with Crippen molar-refractivity contribution in [1.29, 1.82) is 0 Å². The van der Waals surface area contributed by atoms with Gasteiger partial charge in [0.15, 0.2) is 0 Å². The van der Waals surface area contributed by atoms with Crippen molar-refractivity contribution in [2.75, 3.05) is 14.1 Å². The van der Waals surface area contributed by atoms with E-state index < -0.39 is 15.9 Å². The maximum Gasteiger partial charge on any atom is 0.253 e. The summed E-state index contributed by atoms with van der Waals surface area (Å²) in [5.41, 5.74) is 0.924. The topological polar surface area (TPSA) is 66.5 Å². The van der Waals surface area contributed by atoms with Gasteiger partial charge in [-0.05, 0) is 42.8 Å². The molecule has 0 bridgehead atoms. The number of carbonyl (C=O) groups excluding carboxylic acids is 1. The third kappa shape index (κ3) is 4.52. The molecule has 0 saturated carbocycles. The summed E-state index contributed by atoms with van der Waals surface area (Å²) < 4.78 is 25.5. The molecule has 134 valence electrons. The predicted molar refractivity (Wildman–Crippen MR) is 99.7 cm³/mol. The fourth-order valence-electron chi connectivity index (χ4n) is 2.18. The van der Waals surface area contributed by atoms with Crippen LogP contribution in [0.4, 0.5) is 0 Å². The van der Waals surface area contributed by atoms with Crippen molar-refractivity contribution in [3.05, 3.63) is 63.6 Å². The van der Waals surface area contributed by atoms with Gasteiger partial charge in [0.2, 0.25) is 10.0 Å². The summed E-state index contributed by atoms with van der Waals surface area (Å²) in [7, 11) is -0.816. The molecule has 0 heterocycles. The molecular formula is C17H18Cl2N2O3S. The number of carbonyl (C=O) groups is 1. The third-order valence-corrected chi connectivity index (χ3v) is 6.03. The van der Waals surface area contributed by atoms with E-state index in [0.29, 0.717) is 5.02 Å². The molecule has 0 unspecified atom stereocenters. The van der Waals surface area contributed by atoms with Gasteiger partial charge in [-0.15, -0.1) is 0 Å². The molecular weight excluding hydrogens is 383 g/mol.